The first kappa shape index (κ1) is 29.5. The molecule has 2 nitrogen and oxygen atoms in total. The van der Waals surface area contributed by atoms with Gasteiger partial charge in [-0.2, -0.15) is 0 Å². The largest absolute Gasteiger partial charge is 0.456 e. The van der Waals surface area contributed by atoms with Crippen LogP contribution in [0.1, 0.15) is 0 Å². The van der Waals surface area contributed by atoms with Gasteiger partial charge in [0.25, 0.3) is 0 Å². The van der Waals surface area contributed by atoms with Crippen molar-refractivity contribution in [3.8, 4) is 33.4 Å². The van der Waals surface area contributed by atoms with Crippen molar-refractivity contribution in [2.24, 2.45) is 0 Å². The lowest BCUT2D eigenvalue weighted by atomic mass is 9.99. The first-order valence-electron chi connectivity index (χ1n) is 17.3. The van der Waals surface area contributed by atoms with E-state index in [4.69, 9.17) is 4.42 Å². The lowest BCUT2D eigenvalue weighted by Gasteiger charge is -2.27. The fourth-order valence-corrected chi connectivity index (χ4v) is 8.67. The molecule has 0 amide bonds. The van der Waals surface area contributed by atoms with Crippen LogP contribution in [0.2, 0.25) is 0 Å². The van der Waals surface area contributed by atoms with Gasteiger partial charge in [0.1, 0.15) is 11.2 Å². The second-order valence-electron chi connectivity index (χ2n) is 12.9. The van der Waals surface area contributed by atoms with Gasteiger partial charge in [-0.1, -0.05) is 140 Å². The zero-order valence-corrected chi connectivity index (χ0v) is 28.5. The average Bonchev–Trinajstić information content (AvgIpc) is 3.78. The zero-order chi connectivity index (χ0) is 33.7. The van der Waals surface area contributed by atoms with Crippen molar-refractivity contribution in [3.63, 3.8) is 0 Å². The molecule has 0 radical (unpaired) electrons. The number of anilines is 3. The molecule has 3 heteroatoms. The molecular formula is C48H31NOS. The van der Waals surface area contributed by atoms with E-state index in [1.165, 1.54) is 53.6 Å². The summed E-state index contributed by atoms with van der Waals surface area (Å²) < 4.78 is 8.99. The second kappa shape index (κ2) is 12.2. The second-order valence-corrected chi connectivity index (χ2v) is 14.0. The van der Waals surface area contributed by atoms with Gasteiger partial charge in [0.05, 0.1) is 5.69 Å². The number of furan rings is 1. The van der Waals surface area contributed by atoms with Crippen LogP contribution in [0, 0.1) is 0 Å². The zero-order valence-electron chi connectivity index (χ0n) is 27.7. The minimum Gasteiger partial charge on any atom is -0.456 e. The number of para-hydroxylation sites is 1. The third kappa shape index (κ3) is 5.10. The highest BCUT2D eigenvalue weighted by Crippen LogP contribution is 2.49. The topological polar surface area (TPSA) is 16.4 Å². The molecule has 10 aromatic rings. The molecule has 2 aromatic heterocycles. The van der Waals surface area contributed by atoms with Gasteiger partial charge in [-0.25, -0.2) is 0 Å². The van der Waals surface area contributed by atoms with E-state index in [2.05, 4.69) is 181 Å². The van der Waals surface area contributed by atoms with Crippen molar-refractivity contribution in [2.45, 2.75) is 0 Å². The molecule has 0 fully saturated rings. The molecule has 8 aromatic carbocycles. The fraction of sp³-hybridized carbons (Fsp3) is 0. The van der Waals surface area contributed by atoms with Gasteiger partial charge in [0.15, 0.2) is 0 Å². The van der Waals surface area contributed by atoms with Crippen LogP contribution < -0.4 is 4.90 Å². The van der Waals surface area contributed by atoms with Crippen LogP contribution in [0.15, 0.2) is 192 Å². The lowest BCUT2D eigenvalue weighted by Crippen LogP contribution is -2.10. The van der Waals surface area contributed by atoms with Crippen molar-refractivity contribution in [3.05, 3.63) is 188 Å². The van der Waals surface area contributed by atoms with Crippen LogP contribution in [0.4, 0.5) is 17.1 Å². The smallest absolute Gasteiger partial charge is 0.137 e. The summed E-state index contributed by atoms with van der Waals surface area (Å²) in [6.07, 6.45) is 0. The Kier molecular flexibility index (Phi) is 7.04. The Morgan fingerprint density at radius 2 is 0.941 bits per heavy atom. The summed E-state index contributed by atoms with van der Waals surface area (Å²) in [5.74, 6) is 0. The van der Waals surface area contributed by atoms with Gasteiger partial charge in [-0.05, 0) is 75.8 Å². The van der Waals surface area contributed by atoms with E-state index in [1.807, 2.05) is 23.5 Å². The molecule has 0 saturated heterocycles. The number of benzene rings is 8. The summed E-state index contributed by atoms with van der Waals surface area (Å²) in [7, 11) is 0. The standard InChI is InChI=1S/C48H31NOS/c1-3-11-32(12-4-1)33-19-21-34(22-20-33)35-23-25-37(26-24-35)49(38-27-28-41-40-15-7-9-17-44(40)50-45(41)31-38)43-30-29-39(36-13-5-2-6-14-36)48-47(43)42-16-8-10-18-46(42)51-48/h1-31H. The highest BCUT2D eigenvalue weighted by atomic mass is 32.1. The third-order valence-electron chi connectivity index (χ3n) is 9.90. The van der Waals surface area contributed by atoms with E-state index < -0.39 is 0 Å². The molecule has 0 aliphatic carbocycles. The Hall–Kier alpha value is -6.42. The number of thiophene rings is 1. The van der Waals surface area contributed by atoms with Crippen LogP contribution in [0.3, 0.4) is 0 Å². The summed E-state index contributed by atoms with van der Waals surface area (Å²) in [5, 5.41) is 4.76. The number of hydrogen-bond donors (Lipinski definition) is 0. The SMILES string of the molecule is c1ccc(-c2ccc(-c3ccc(N(c4ccc5c(c4)oc4ccccc45)c4ccc(-c5ccccc5)c5sc6ccccc6c45)cc3)cc2)cc1. The van der Waals surface area contributed by atoms with E-state index in [9.17, 15) is 0 Å². The van der Waals surface area contributed by atoms with E-state index in [1.54, 1.807) is 0 Å². The molecule has 0 saturated carbocycles. The molecule has 0 N–H and O–H groups in total. The van der Waals surface area contributed by atoms with Crippen molar-refractivity contribution in [1.82, 2.24) is 0 Å². The highest BCUT2D eigenvalue weighted by molar-refractivity contribution is 7.26. The molecule has 0 bridgehead atoms. The fourth-order valence-electron chi connectivity index (χ4n) is 7.41. The lowest BCUT2D eigenvalue weighted by molar-refractivity contribution is 0.669. The van der Waals surface area contributed by atoms with Crippen LogP contribution >= 0.6 is 11.3 Å². The van der Waals surface area contributed by atoms with Gasteiger partial charge in [0, 0.05) is 48.4 Å². The van der Waals surface area contributed by atoms with Crippen LogP contribution in [-0.4, -0.2) is 0 Å². The molecule has 10 rings (SSSR count). The maximum atomic E-state index is 6.43. The first-order chi connectivity index (χ1) is 25.3. The van der Waals surface area contributed by atoms with Crippen LogP contribution in [-0.2, 0) is 0 Å². The Morgan fingerprint density at radius 3 is 1.67 bits per heavy atom. The summed E-state index contributed by atoms with van der Waals surface area (Å²) in [4.78, 5) is 2.39. The number of rotatable bonds is 6. The molecule has 0 aliphatic heterocycles. The molecule has 51 heavy (non-hydrogen) atoms. The minimum atomic E-state index is 0.876. The van der Waals surface area contributed by atoms with Crippen LogP contribution in [0.5, 0.6) is 0 Å². The summed E-state index contributed by atoms with van der Waals surface area (Å²) >= 11 is 1.86. The summed E-state index contributed by atoms with van der Waals surface area (Å²) in [6, 6.07) is 67.3. The van der Waals surface area contributed by atoms with Gasteiger partial charge >= 0.3 is 0 Å². The predicted molar refractivity (Wildman–Crippen MR) is 218 cm³/mol. The molecule has 0 unspecified atom stereocenters. The molecule has 0 spiro atoms. The Bertz CT molecular complexity index is 2830. The summed E-state index contributed by atoms with van der Waals surface area (Å²) in [5.41, 5.74) is 12.3. The van der Waals surface area contributed by atoms with Gasteiger partial charge in [-0.3, -0.25) is 0 Å². The van der Waals surface area contributed by atoms with Gasteiger partial charge in [0.2, 0.25) is 0 Å². The Morgan fingerprint density at radius 1 is 0.392 bits per heavy atom. The van der Waals surface area contributed by atoms with E-state index in [0.717, 1.165) is 39.0 Å². The molecule has 2 heterocycles. The summed E-state index contributed by atoms with van der Waals surface area (Å²) in [6.45, 7) is 0. The Balaban J connectivity index is 1.15. The van der Waals surface area contributed by atoms with Crippen molar-refractivity contribution >= 4 is 70.5 Å². The number of fused-ring (bicyclic) bond motifs is 6. The number of nitrogens with zero attached hydrogens (tertiary/aromatic N) is 1. The Labute approximate surface area is 300 Å². The van der Waals surface area contributed by atoms with Crippen molar-refractivity contribution < 1.29 is 4.42 Å². The quantitative estimate of drug-likeness (QED) is 0.175. The normalized spacial score (nSPS) is 11.5. The molecular weight excluding hydrogens is 639 g/mol. The van der Waals surface area contributed by atoms with Gasteiger partial charge in [-0.15, -0.1) is 11.3 Å². The maximum absolute atomic E-state index is 6.43. The van der Waals surface area contributed by atoms with Crippen molar-refractivity contribution in [1.29, 1.82) is 0 Å². The molecule has 240 valence electrons. The third-order valence-corrected chi connectivity index (χ3v) is 11.1. The van der Waals surface area contributed by atoms with E-state index >= 15 is 0 Å². The molecule has 0 atom stereocenters. The van der Waals surface area contributed by atoms with Crippen molar-refractivity contribution in [2.75, 3.05) is 4.90 Å². The van der Waals surface area contributed by atoms with Crippen LogP contribution in [0.25, 0.3) is 75.5 Å². The number of hydrogen-bond acceptors (Lipinski definition) is 3. The first-order valence-corrected chi connectivity index (χ1v) is 18.1. The van der Waals surface area contributed by atoms with E-state index in [0.29, 0.717) is 0 Å². The minimum absolute atomic E-state index is 0.876. The predicted octanol–water partition coefficient (Wildman–Crippen LogP) is 14.4. The average molecular weight is 670 g/mol. The monoisotopic (exact) mass is 669 g/mol. The van der Waals surface area contributed by atoms with Gasteiger partial charge < -0.3 is 9.32 Å². The maximum Gasteiger partial charge on any atom is 0.137 e. The van der Waals surface area contributed by atoms with E-state index in [-0.39, 0.29) is 0 Å². The molecule has 0 aliphatic rings. The highest BCUT2D eigenvalue weighted by Gasteiger charge is 2.22.